The van der Waals surface area contributed by atoms with E-state index in [1.807, 2.05) is 13.8 Å². The maximum absolute atomic E-state index is 13.5. The molecule has 8 heteroatoms. The van der Waals surface area contributed by atoms with E-state index in [4.69, 9.17) is 0 Å². The number of imide groups is 1. The average molecular weight is 463 g/mol. The smallest absolute Gasteiger partial charge is 0.316 e. The number of nitrogens with one attached hydrogen (secondary N) is 1. The highest BCUT2D eigenvalue weighted by molar-refractivity contribution is 6.07. The number of amides is 3. The van der Waals surface area contributed by atoms with E-state index in [1.54, 1.807) is 4.90 Å². The number of urea groups is 1. The molecule has 4 atom stereocenters. The molecule has 0 aromatic heterocycles. The number of piperidine rings is 1. The van der Waals surface area contributed by atoms with Crippen LogP contribution in [0.2, 0.25) is 0 Å². The fourth-order valence-corrected chi connectivity index (χ4v) is 7.25. The molecule has 5 rings (SSSR count). The third-order valence-electron chi connectivity index (χ3n) is 8.53. The van der Waals surface area contributed by atoms with Crippen molar-refractivity contribution in [3.8, 4) is 0 Å². The molecule has 0 aromatic carbocycles. The lowest BCUT2D eigenvalue weighted by atomic mass is 9.79. The summed E-state index contributed by atoms with van der Waals surface area (Å²) in [5, 5.41) is 3.58. The Morgan fingerprint density at radius 2 is 1.85 bits per heavy atom. The Kier molecular flexibility index (Phi) is 6.10. The monoisotopic (exact) mass is 462 g/mol. The van der Waals surface area contributed by atoms with E-state index in [0.29, 0.717) is 24.7 Å². The van der Waals surface area contributed by atoms with E-state index in [1.165, 1.54) is 5.57 Å². The summed E-state index contributed by atoms with van der Waals surface area (Å²) in [6.45, 7) is 5.94. The van der Waals surface area contributed by atoms with E-state index in [0.717, 1.165) is 50.2 Å². The minimum atomic E-state index is -2.71. The number of nitrogens with zero attached hydrogens (tertiary/aromatic N) is 3. The van der Waals surface area contributed by atoms with Crippen molar-refractivity contribution in [3.63, 3.8) is 0 Å². The van der Waals surface area contributed by atoms with Crippen molar-refractivity contribution in [2.75, 3.05) is 26.2 Å². The zero-order valence-corrected chi connectivity index (χ0v) is 19.7. The van der Waals surface area contributed by atoms with E-state index < -0.39 is 30.4 Å². The van der Waals surface area contributed by atoms with Crippen molar-refractivity contribution in [2.45, 2.75) is 82.5 Å². The van der Waals surface area contributed by atoms with Crippen LogP contribution in [0.4, 0.5) is 13.6 Å². The summed E-state index contributed by atoms with van der Waals surface area (Å²) >= 11 is 0. The van der Waals surface area contributed by atoms with Gasteiger partial charge in [0.2, 0.25) is 0 Å². The first-order valence-corrected chi connectivity index (χ1v) is 12.6. The molecule has 4 saturated heterocycles. The van der Waals surface area contributed by atoms with Crippen molar-refractivity contribution in [1.29, 1.82) is 0 Å². The number of carbonyl (C=O) groups excluding carboxylic acids is 2. The molecule has 1 aliphatic carbocycles. The predicted octanol–water partition coefficient (Wildman–Crippen LogP) is 3.40. The molecule has 0 saturated carbocycles. The topological polar surface area (TPSA) is 55.9 Å². The fraction of sp³-hybridized carbons (Fsp3) is 0.760. The van der Waals surface area contributed by atoms with Gasteiger partial charge in [-0.15, -0.1) is 0 Å². The average Bonchev–Trinajstić information content (AvgIpc) is 3.39. The van der Waals surface area contributed by atoms with Crippen LogP contribution < -0.4 is 5.32 Å². The number of halogens is 2. The van der Waals surface area contributed by atoms with E-state index >= 15 is 0 Å². The fourth-order valence-electron chi connectivity index (χ4n) is 7.25. The molecule has 6 nitrogen and oxygen atoms in total. The maximum atomic E-state index is 13.5. The highest BCUT2D eigenvalue weighted by Crippen LogP contribution is 2.49. The van der Waals surface area contributed by atoms with Crippen molar-refractivity contribution in [1.82, 2.24) is 20.0 Å². The normalized spacial score (nSPS) is 36.8. The van der Waals surface area contributed by atoms with Gasteiger partial charge in [0.1, 0.15) is 5.54 Å². The number of carbonyl (C=O) groups is 2. The van der Waals surface area contributed by atoms with Crippen molar-refractivity contribution >= 4 is 11.9 Å². The molecule has 4 aliphatic heterocycles. The lowest BCUT2D eigenvalue weighted by Gasteiger charge is -2.48. The molecule has 182 valence electrons. The van der Waals surface area contributed by atoms with Gasteiger partial charge < -0.3 is 10.2 Å². The molecule has 0 radical (unpaired) electrons. The third kappa shape index (κ3) is 3.83. The Morgan fingerprint density at radius 3 is 2.45 bits per heavy atom. The Balaban J connectivity index is 1.35. The second kappa shape index (κ2) is 8.77. The maximum Gasteiger partial charge on any atom is 0.328 e. The van der Waals surface area contributed by atoms with E-state index in [2.05, 4.69) is 28.4 Å². The molecular formula is C25H36F2N4O2. The zero-order chi connectivity index (χ0) is 23.3. The first kappa shape index (κ1) is 23.0. The van der Waals surface area contributed by atoms with Crippen LogP contribution in [0, 0.1) is 11.8 Å². The Bertz CT molecular complexity index is 843. The summed E-state index contributed by atoms with van der Waals surface area (Å²) in [7, 11) is 0. The second-order valence-corrected chi connectivity index (χ2v) is 10.8. The number of fused-ring (bicyclic) bond motifs is 2. The lowest BCUT2D eigenvalue weighted by Crippen LogP contribution is -2.62. The number of rotatable bonds is 6. The standard InChI is InChI=1S/C25H36F2N4O2/c1-16(2)31-24(33)30(15-22(26)27)23(32)25(31)10-19-8-9-20(11-25)29(19)14-18-12-28-13-21(18)17-6-4-3-5-7-17/h4,6-7,16,18-22,28H,3,5,8-15H2,1-2H3/t18-,19?,20?,21-,25?/m1/s1. The number of allylic oxidation sites excluding steroid dienone is 3. The first-order valence-electron chi connectivity index (χ1n) is 12.6. The summed E-state index contributed by atoms with van der Waals surface area (Å²) in [6.07, 6.45) is 9.57. The predicted molar refractivity (Wildman–Crippen MR) is 122 cm³/mol. The molecule has 2 bridgehead atoms. The summed E-state index contributed by atoms with van der Waals surface area (Å²) in [5.41, 5.74) is 0.479. The number of hydrogen-bond acceptors (Lipinski definition) is 4. The van der Waals surface area contributed by atoms with Crippen LogP contribution in [0.3, 0.4) is 0 Å². The quantitative estimate of drug-likeness (QED) is 0.615. The molecule has 4 fully saturated rings. The molecule has 1 N–H and O–H groups in total. The van der Waals surface area contributed by atoms with Gasteiger partial charge in [-0.05, 0) is 70.4 Å². The van der Waals surface area contributed by atoms with Crippen LogP contribution in [-0.2, 0) is 4.79 Å². The SMILES string of the molecule is CC(C)N1C(=O)N(CC(F)F)C(=O)C12CC1CCC(C2)N1C[C@H]1CNC[C@@H]1C1=CCCC=C1. The highest BCUT2D eigenvalue weighted by Gasteiger charge is 2.63. The van der Waals surface area contributed by atoms with Crippen LogP contribution >= 0.6 is 0 Å². The summed E-state index contributed by atoms with van der Waals surface area (Å²) < 4.78 is 26.3. The zero-order valence-electron chi connectivity index (χ0n) is 19.7. The van der Waals surface area contributed by atoms with Gasteiger partial charge in [-0.25, -0.2) is 13.6 Å². The minimum Gasteiger partial charge on any atom is -0.316 e. The number of alkyl halides is 2. The summed E-state index contributed by atoms with van der Waals surface area (Å²) in [5.74, 6) is 0.629. The number of hydrogen-bond donors (Lipinski definition) is 1. The van der Waals surface area contributed by atoms with Gasteiger partial charge in [0.15, 0.2) is 0 Å². The van der Waals surface area contributed by atoms with Crippen molar-refractivity contribution < 1.29 is 18.4 Å². The Hall–Kier alpha value is -1.80. The molecule has 3 amide bonds. The van der Waals surface area contributed by atoms with Gasteiger partial charge in [-0.1, -0.05) is 18.2 Å². The van der Waals surface area contributed by atoms with Gasteiger partial charge in [-0.2, -0.15) is 0 Å². The Labute approximate surface area is 195 Å². The van der Waals surface area contributed by atoms with Gasteiger partial charge in [0.05, 0.1) is 6.54 Å². The second-order valence-electron chi connectivity index (χ2n) is 10.8. The first-order chi connectivity index (χ1) is 15.8. The van der Waals surface area contributed by atoms with Crippen LogP contribution in [0.1, 0.15) is 52.4 Å². The third-order valence-corrected chi connectivity index (χ3v) is 8.53. The van der Waals surface area contributed by atoms with Gasteiger partial charge in [-0.3, -0.25) is 14.6 Å². The van der Waals surface area contributed by atoms with Gasteiger partial charge >= 0.3 is 6.03 Å². The van der Waals surface area contributed by atoms with Crippen molar-refractivity contribution in [2.24, 2.45) is 11.8 Å². The lowest BCUT2D eigenvalue weighted by molar-refractivity contribution is -0.139. The Morgan fingerprint density at radius 1 is 1.12 bits per heavy atom. The summed E-state index contributed by atoms with van der Waals surface area (Å²) in [6, 6.07) is -0.321. The largest absolute Gasteiger partial charge is 0.328 e. The molecule has 2 unspecified atom stereocenters. The van der Waals surface area contributed by atoms with Crippen molar-refractivity contribution in [3.05, 3.63) is 23.8 Å². The summed E-state index contributed by atoms with van der Waals surface area (Å²) in [4.78, 5) is 31.5. The van der Waals surface area contributed by atoms with E-state index in [-0.39, 0.29) is 18.1 Å². The molecule has 33 heavy (non-hydrogen) atoms. The van der Waals surface area contributed by atoms with E-state index in [9.17, 15) is 18.4 Å². The van der Waals surface area contributed by atoms with Crippen LogP contribution in [0.5, 0.6) is 0 Å². The highest BCUT2D eigenvalue weighted by atomic mass is 19.3. The van der Waals surface area contributed by atoms with Gasteiger partial charge in [0.25, 0.3) is 12.3 Å². The minimum absolute atomic E-state index is 0.205. The molecule has 5 aliphatic rings. The molecule has 0 aromatic rings. The molecule has 4 heterocycles. The molecular weight excluding hydrogens is 426 g/mol. The molecule has 1 spiro atoms. The van der Waals surface area contributed by atoms with Crippen LogP contribution in [-0.4, -0.2) is 82.9 Å². The van der Waals surface area contributed by atoms with Crippen LogP contribution in [0.15, 0.2) is 23.8 Å². The van der Waals surface area contributed by atoms with Gasteiger partial charge in [0, 0.05) is 37.1 Å². The van der Waals surface area contributed by atoms with Crippen LogP contribution in [0.25, 0.3) is 0 Å².